The largest absolute Gasteiger partial charge is 0.473 e. The van der Waals surface area contributed by atoms with Crippen LogP contribution in [0.3, 0.4) is 0 Å². The summed E-state index contributed by atoms with van der Waals surface area (Å²) in [6.07, 6.45) is -3.45. The summed E-state index contributed by atoms with van der Waals surface area (Å²) in [6, 6.07) is 26.4. The molecule has 0 radical (unpaired) electrons. The van der Waals surface area contributed by atoms with Crippen LogP contribution in [0.15, 0.2) is 91.0 Å². The third-order valence-corrected chi connectivity index (χ3v) is 6.95. The molecule has 7 nitrogen and oxygen atoms in total. The van der Waals surface area contributed by atoms with Crippen LogP contribution < -0.4 is 14.2 Å². The molecule has 0 spiro atoms. The quantitative estimate of drug-likeness (QED) is 0.187. The summed E-state index contributed by atoms with van der Waals surface area (Å²) < 4.78 is 68.3. The molecule has 1 amide bonds. The number of aromatic nitrogens is 1. The van der Waals surface area contributed by atoms with Crippen LogP contribution in [-0.2, 0) is 18.0 Å². The van der Waals surface area contributed by atoms with Crippen LogP contribution in [0, 0.1) is 5.82 Å². The normalized spacial score (nSPS) is 16.1. The van der Waals surface area contributed by atoms with E-state index in [2.05, 4.69) is 4.98 Å². The Kier molecular flexibility index (Phi) is 9.51. The van der Waals surface area contributed by atoms with Gasteiger partial charge in [-0.2, -0.15) is 4.98 Å². The molecular formula is C35H35F3N2O5. The first-order chi connectivity index (χ1) is 21.5. The second-order valence-corrected chi connectivity index (χ2v) is 11.7. The first-order valence-electron chi connectivity index (χ1n) is 14.7. The van der Waals surface area contributed by atoms with Gasteiger partial charge in [-0.1, -0.05) is 66.7 Å². The van der Waals surface area contributed by atoms with E-state index >= 15 is 13.2 Å². The Morgan fingerprint density at radius 2 is 1.56 bits per heavy atom. The molecule has 2 heterocycles. The smallest absolute Gasteiger partial charge is 0.413 e. The molecular weight excluding hydrogens is 585 g/mol. The van der Waals surface area contributed by atoms with Crippen molar-refractivity contribution in [1.82, 2.24) is 9.88 Å². The van der Waals surface area contributed by atoms with E-state index in [-0.39, 0.29) is 32.1 Å². The second-order valence-electron chi connectivity index (χ2n) is 11.7. The topological polar surface area (TPSA) is 70.1 Å². The maximum atomic E-state index is 15.5. The van der Waals surface area contributed by atoms with E-state index in [0.717, 1.165) is 22.1 Å². The summed E-state index contributed by atoms with van der Waals surface area (Å²) in [6.45, 7) is 5.38. The molecule has 5 rings (SSSR count). The number of halogens is 3. The van der Waals surface area contributed by atoms with E-state index in [9.17, 15) is 4.79 Å². The van der Waals surface area contributed by atoms with Gasteiger partial charge >= 0.3 is 12.0 Å². The average Bonchev–Trinajstić information content (AvgIpc) is 3.01. The average molecular weight is 621 g/mol. The van der Waals surface area contributed by atoms with Crippen molar-refractivity contribution in [1.29, 1.82) is 0 Å². The van der Waals surface area contributed by atoms with Crippen molar-refractivity contribution < 1.29 is 36.9 Å². The van der Waals surface area contributed by atoms with Crippen molar-refractivity contribution in [2.24, 2.45) is 0 Å². The third kappa shape index (κ3) is 8.26. The van der Waals surface area contributed by atoms with Crippen LogP contribution in [-0.4, -0.2) is 40.3 Å². The molecule has 1 aliphatic rings. The van der Waals surface area contributed by atoms with Gasteiger partial charge in [0.15, 0.2) is 11.6 Å². The fraction of sp³-hybridized carbons (Fsp3) is 0.314. The van der Waals surface area contributed by atoms with Gasteiger partial charge in [0.05, 0.1) is 0 Å². The zero-order valence-corrected chi connectivity index (χ0v) is 25.3. The zero-order chi connectivity index (χ0) is 32.0. The van der Waals surface area contributed by atoms with Crippen LogP contribution in [0.2, 0.25) is 0 Å². The van der Waals surface area contributed by atoms with Gasteiger partial charge in [0, 0.05) is 24.6 Å². The molecule has 10 heteroatoms. The summed E-state index contributed by atoms with van der Waals surface area (Å²) in [5.41, 5.74) is 1.80. The number of carbonyl (C=O) groups excluding carboxylic acids is 1. The van der Waals surface area contributed by atoms with Gasteiger partial charge in [-0.25, -0.2) is 18.0 Å². The van der Waals surface area contributed by atoms with Crippen molar-refractivity contribution in [3.63, 3.8) is 0 Å². The Labute approximate surface area is 260 Å². The minimum absolute atomic E-state index is 0.0126. The lowest BCUT2D eigenvalue weighted by atomic mass is 10.0. The lowest BCUT2D eigenvalue weighted by Crippen LogP contribution is -2.58. The third-order valence-electron chi connectivity index (χ3n) is 6.95. The van der Waals surface area contributed by atoms with Crippen molar-refractivity contribution in [3.05, 3.63) is 108 Å². The van der Waals surface area contributed by atoms with E-state index in [4.69, 9.17) is 18.9 Å². The number of likely N-dealkylation sites (tertiary alicyclic amines) is 1. The predicted octanol–water partition coefficient (Wildman–Crippen LogP) is 8.42. The minimum atomic E-state index is -3.42. The lowest BCUT2D eigenvalue weighted by Gasteiger charge is -2.40. The van der Waals surface area contributed by atoms with Crippen molar-refractivity contribution in [3.8, 4) is 28.6 Å². The SMILES string of the molecule is CC(C)(C)OC(=O)N1CCCC(F)(F)C1Oc1ccc(-c2ccc(OCc3ccccc3)nc2OCc2ccccc2)cc1F. The number of carbonyl (C=O) groups is 1. The van der Waals surface area contributed by atoms with Gasteiger partial charge in [-0.05, 0) is 62.1 Å². The van der Waals surface area contributed by atoms with E-state index in [1.807, 2.05) is 60.7 Å². The summed E-state index contributed by atoms with van der Waals surface area (Å²) in [5.74, 6) is -4.23. The molecule has 3 aromatic carbocycles. The Morgan fingerprint density at radius 1 is 0.911 bits per heavy atom. The number of pyridine rings is 1. The number of piperidine rings is 1. The first-order valence-corrected chi connectivity index (χ1v) is 14.7. The monoisotopic (exact) mass is 620 g/mol. The fourth-order valence-corrected chi connectivity index (χ4v) is 4.79. The van der Waals surface area contributed by atoms with Crippen LogP contribution in [0.25, 0.3) is 11.1 Å². The maximum absolute atomic E-state index is 15.5. The molecule has 0 saturated carbocycles. The number of amides is 1. The number of hydrogen-bond donors (Lipinski definition) is 0. The first kappa shape index (κ1) is 31.7. The highest BCUT2D eigenvalue weighted by Crippen LogP contribution is 2.38. The highest BCUT2D eigenvalue weighted by molar-refractivity contribution is 5.70. The van der Waals surface area contributed by atoms with Gasteiger partial charge < -0.3 is 18.9 Å². The molecule has 0 N–H and O–H groups in total. The van der Waals surface area contributed by atoms with Gasteiger partial charge in [0.1, 0.15) is 18.8 Å². The molecule has 236 valence electrons. The van der Waals surface area contributed by atoms with Crippen LogP contribution >= 0.6 is 0 Å². The summed E-state index contributed by atoms with van der Waals surface area (Å²) in [4.78, 5) is 18.1. The van der Waals surface area contributed by atoms with E-state index in [1.165, 1.54) is 12.1 Å². The number of benzene rings is 3. The number of nitrogens with zero attached hydrogens (tertiary/aromatic N) is 2. The molecule has 0 aliphatic carbocycles. The molecule has 45 heavy (non-hydrogen) atoms. The van der Waals surface area contributed by atoms with Crippen LogP contribution in [0.4, 0.5) is 18.0 Å². The Hall–Kier alpha value is -4.73. The molecule has 1 unspecified atom stereocenters. The van der Waals surface area contributed by atoms with Gasteiger partial charge in [0.2, 0.25) is 18.0 Å². The summed E-state index contributed by atoms with van der Waals surface area (Å²) in [7, 11) is 0. The summed E-state index contributed by atoms with van der Waals surface area (Å²) in [5, 5.41) is 0. The molecule has 1 saturated heterocycles. The molecule has 1 aliphatic heterocycles. The molecule has 1 aromatic heterocycles. The van der Waals surface area contributed by atoms with Gasteiger partial charge in [-0.3, -0.25) is 4.90 Å². The number of ether oxygens (including phenoxy) is 4. The van der Waals surface area contributed by atoms with Crippen LogP contribution in [0.1, 0.15) is 44.7 Å². The molecule has 0 bridgehead atoms. The van der Waals surface area contributed by atoms with Gasteiger partial charge in [0.25, 0.3) is 0 Å². The molecule has 1 atom stereocenters. The Morgan fingerprint density at radius 3 is 2.18 bits per heavy atom. The standard InChI is InChI=1S/C35H35F3N2O5/c1-34(2,3)45-33(41)40-20-10-19-35(37,38)32(40)44-29-17-15-26(21-28(29)36)27-16-18-30(42-22-24-11-6-4-7-12-24)39-31(27)43-23-25-13-8-5-9-14-25/h4-9,11-18,21,32H,10,19-20,22-23H2,1-3H3. The number of rotatable bonds is 9. The lowest BCUT2D eigenvalue weighted by molar-refractivity contribution is -0.180. The van der Waals surface area contributed by atoms with Crippen molar-refractivity contribution in [2.75, 3.05) is 6.54 Å². The van der Waals surface area contributed by atoms with E-state index in [1.54, 1.807) is 32.9 Å². The minimum Gasteiger partial charge on any atom is -0.473 e. The number of alkyl halides is 2. The second kappa shape index (κ2) is 13.5. The predicted molar refractivity (Wildman–Crippen MR) is 163 cm³/mol. The summed E-state index contributed by atoms with van der Waals surface area (Å²) >= 11 is 0. The Bertz CT molecular complexity index is 1600. The highest BCUT2D eigenvalue weighted by Gasteiger charge is 2.51. The zero-order valence-electron chi connectivity index (χ0n) is 25.3. The van der Waals surface area contributed by atoms with Crippen LogP contribution in [0.5, 0.6) is 17.5 Å². The number of hydrogen-bond acceptors (Lipinski definition) is 6. The highest BCUT2D eigenvalue weighted by atomic mass is 19.3. The van der Waals surface area contributed by atoms with Crippen molar-refractivity contribution >= 4 is 6.09 Å². The van der Waals surface area contributed by atoms with Crippen molar-refractivity contribution in [2.45, 2.75) is 64.6 Å². The van der Waals surface area contributed by atoms with Gasteiger partial charge in [-0.15, -0.1) is 0 Å². The fourth-order valence-electron chi connectivity index (χ4n) is 4.79. The Balaban J connectivity index is 1.40. The maximum Gasteiger partial charge on any atom is 0.413 e. The van der Waals surface area contributed by atoms with E-state index < -0.39 is 41.8 Å². The molecule has 1 fully saturated rings. The van der Waals surface area contributed by atoms with E-state index in [0.29, 0.717) is 17.0 Å². The molecule has 4 aromatic rings.